The van der Waals surface area contributed by atoms with E-state index in [0.29, 0.717) is 5.92 Å². The fourth-order valence-corrected chi connectivity index (χ4v) is 1.08. The lowest BCUT2D eigenvalue weighted by molar-refractivity contribution is 0.663. The van der Waals surface area contributed by atoms with Crippen LogP contribution in [0.5, 0.6) is 0 Å². The number of rotatable bonds is 0. The zero-order valence-corrected chi connectivity index (χ0v) is 5.52. The molecule has 48 valence electrons. The minimum Gasteiger partial charge on any atom is -0.401 e. The van der Waals surface area contributed by atoms with Crippen LogP contribution in [0.2, 0.25) is 0 Å². The number of nitrogens with zero attached hydrogens (tertiary/aromatic N) is 1. The molecule has 0 heterocycles. The molecule has 0 saturated carbocycles. The molecule has 0 saturated heterocycles. The van der Waals surface area contributed by atoms with Crippen LogP contribution >= 0.6 is 0 Å². The summed E-state index contributed by atoms with van der Waals surface area (Å²) in [6.07, 6.45) is 1.93. The van der Waals surface area contributed by atoms with Gasteiger partial charge < -0.3 is 5.73 Å². The van der Waals surface area contributed by atoms with E-state index < -0.39 is 0 Å². The van der Waals surface area contributed by atoms with Gasteiger partial charge in [-0.3, -0.25) is 0 Å². The molecule has 0 amide bonds. The van der Waals surface area contributed by atoms with Crippen molar-refractivity contribution in [1.82, 2.24) is 0 Å². The van der Waals surface area contributed by atoms with E-state index in [1.54, 1.807) is 0 Å². The monoisotopic (exact) mass is 122 g/mol. The summed E-state index contributed by atoms with van der Waals surface area (Å²) < 4.78 is 0. The second kappa shape index (κ2) is 2.10. The smallest absolute Gasteiger partial charge is 0.0965 e. The second-order valence-electron chi connectivity index (χ2n) is 2.49. The van der Waals surface area contributed by atoms with Gasteiger partial charge >= 0.3 is 0 Å². The topological polar surface area (TPSA) is 49.8 Å². The molecule has 1 atom stereocenters. The number of hydrogen-bond donors (Lipinski definition) is 1. The lowest BCUT2D eigenvalue weighted by Crippen LogP contribution is -2.03. The molecule has 2 heteroatoms. The molecule has 1 aliphatic carbocycles. The summed E-state index contributed by atoms with van der Waals surface area (Å²) in [5.41, 5.74) is 7.19. The van der Waals surface area contributed by atoms with E-state index in [2.05, 4.69) is 13.0 Å². The Morgan fingerprint density at radius 1 is 1.78 bits per heavy atom. The van der Waals surface area contributed by atoms with E-state index in [-0.39, 0.29) is 0 Å². The molecule has 9 heavy (non-hydrogen) atoms. The van der Waals surface area contributed by atoms with Crippen LogP contribution in [0.15, 0.2) is 11.3 Å². The number of nitrogens with two attached hydrogens (primary N) is 1. The van der Waals surface area contributed by atoms with Gasteiger partial charge in [0.2, 0.25) is 0 Å². The van der Waals surface area contributed by atoms with Crippen LogP contribution in [0.1, 0.15) is 19.8 Å². The van der Waals surface area contributed by atoms with Crippen LogP contribution in [0.3, 0.4) is 0 Å². The number of hydrogen-bond acceptors (Lipinski definition) is 2. The third kappa shape index (κ3) is 0.904. The Labute approximate surface area is 55.0 Å². The Hall–Kier alpha value is -0.970. The van der Waals surface area contributed by atoms with E-state index >= 15 is 0 Å². The summed E-state index contributed by atoms with van der Waals surface area (Å²) in [5.74, 6) is 0.430. The fourth-order valence-electron chi connectivity index (χ4n) is 1.08. The fraction of sp³-hybridized carbons (Fsp3) is 0.571. The molecule has 0 radical (unpaired) electrons. The molecular weight excluding hydrogens is 112 g/mol. The molecule has 0 aromatic carbocycles. The standard InChI is InChI=1S/C7H10N2/c1-5-2-3-6(4-8)7(5)9/h5H,2-3,9H2,1H3. The van der Waals surface area contributed by atoms with Crippen molar-refractivity contribution in [1.29, 1.82) is 5.26 Å². The van der Waals surface area contributed by atoms with Crippen LogP contribution in [-0.4, -0.2) is 0 Å². The van der Waals surface area contributed by atoms with Gasteiger partial charge in [0.1, 0.15) is 0 Å². The molecular formula is C7H10N2. The highest BCUT2D eigenvalue weighted by atomic mass is 14.6. The number of allylic oxidation sites excluding steroid dienone is 2. The first-order valence-corrected chi connectivity index (χ1v) is 3.14. The second-order valence-corrected chi connectivity index (χ2v) is 2.49. The van der Waals surface area contributed by atoms with Gasteiger partial charge in [-0.25, -0.2) is 0 Å². The highest BCUT2D eigenvalue weighted by molar-refractivity contribution is 5.31. The Kier molecular flexibility index (Phi) is 1.44. The van der Waals surface area contributed by atoms with Crippen molar-refractivity contribution >= 4 is 0 Å². The van der Waals surface area contributed by atoms with Gasteiger partial charge in [-0.15, -0.1) is 0 Å². The summed E-state index contributed by atoms with van der Waals surface area (Å²) in [7, 11) is 0. The maximum atomic E-state index is 8.47. The minimum atomic E-state index is 0.430. The Bertz CT molecular complexity index is 186. The van der Waals surface area contributed by atoms with Crippen molar-refractivity contribution < 1.29 is 0 Å². The third-order valence-electron chi connectivity index (χ3n) is 1.84. The first kappa shape index (κ1) is 6.15. The van der Waals surface area contributed by atoms with Crippen LogP contribution in [0, 0.1) is 17.2 Å². The molecule has 0 bridgehead atoms. The van der Waals surface area contributed by atoms with E-state index in [4.69, 9.17) is 11.0 Å². The molecule has 1 unspecified atom stereocenters. The lowest BCUT2D eigenvalue weighted by Gasteiger charge is -1.99. The molecule has 0 fully saturated rings. The summed E-state index contributed by atoms with van der Waals surface area (Å²) >= 11 is 0. The van der Waals surface area contributed by atoms with Gasteiger partial charge in [0.25, 0.3) is 0 Å². The van der Waals surface area contributed by atoms with Gasteiger partial charge in [0.15, 0.2) is 0 Å². The van der Waals surface area contributed by atoms with Crippen molar-refractivity contribution in [3.8, 4) is 6.07 Å². The molecule has 2 nitrogen and oxygen atoms in total. The zero-order valence-electron chi connectivity index (χ0n) is 5.52. The average molecular weight is 122 g/mol. The number of nitriles is 1. The van der Waals surface area contributed by atoms with Gasteiger partial charge in [-0.1, -0.05) is 6.92 Å². The quantitative estimate of drug-likeness (QED) is 0.524. The van der Waals surface area contributed by atoms with Crippen LogP contribution in [0.25, 0.3) is 0 Å². The molecule has 1 rings (SSSR count). The van der Waals surface area contributed by atoms with Crippen molar-refractivity contribution in [3.63, 3.8) is 0 Å². The predicted octanol–water partition coefficient (Wildman–Crippen LogP) is 1.15. The molecule has 2 N–H and O–H groups in total. The van der Waals surface area contributed by atoms with Gasteiger partial charge in [-0.2, -0.15) is 5.26 Å². The Morgan fingerprint density at radius 3 is 2.67 bits per heavy atom. The zero-order chi connectivity index (χ0) is 6.85. The predicted molar refractivity (Wildman–Crippen MR) is 35.2 cm³/mol. The molecule has 0 aromatic heterocycles. The SMILES string of the molecule is CC1CCC(C#N)=C1N. The van der Waals surface area contributed by atoms with Gasteiger partial charge in [0, 0.05) is 11.3 Å². The summed E-state index contributed by atoms with van der Waals surface area (Å²) in [4.78, 5) is 0. The van der Waals surface area contributed by atoms with Crippen molar-refractivity contribution in [2.75, 3.05) is 0 Å². The highest BCUT2D eigenvalue weighted by Gasteiger charge is 2.18. The molecule has 0 spiro atoms. The van der Waals surface area contributed by atoms with Crippen molar-refractivity contribution in [2.24, 2.45) is 11.7 Å². The maximum absolute atomic E-state index is 8.47. The largest absolute Gasteiger partial charge is 0.401 e. The van der Waals surface area contributed by atoms with Crippen LogP contribution < -0.4 is 5.73 Å². The van der Waals surface area contributed by atoms with E-state index in [9.17, 15) is 0 Å². The normalized spacial score (nSPS) is 26.4. The molecule has 0 aromatic rings. The van der Waals surface area contributed by atoms with E-state index in [1.165, 1.54) is 0 Å². The highest BCUT2D eigenvalue weighted by Crippen LogP contribution is 2.26. The lowest BCUT2D eigenvalue weighted by atomic mass is 10.1. The Morgan fingerprint density at radius 2 is 2.44 bits per heavy atom. The summed E-state index contributed by atoms with van der Waals surface area (Å²) in [6, 6.07) is 2.10. The van der Waals surface area contributed by atoms with E-state index in [1.807, 2.05) is 0 Å². The van der Waals surface area contributed by atoms with E-state index in [0.717, 1.165) is 24.1 Å². The van der Waals surface area contributed by atoms with Crippen molar-refractivity contribution in [3.05, 3.63) is 11.3 Å². The van der Waals surface area contributed by atoms with Gasteiger partial charge in [0.05, 0.1) is 6.07 Å². The summed E-state index contributed by atoms with van der Waals surface area (Å²) in [6.45, 7) is 2.06. The van der Waals surface area contributed by atoms with Crippen molar-refractivity contribution in [2.45, 2.75) is 19.8 Å². The minimum absolute atomic E-state index is 0.430. The first-order chi connectivity index (χ1) is 4.25. The van der Waals surface area contributed by atoms with Gasteiger partial charge in [-0.05, 0) is 18.8 Å². The van der Waals surface area contributed by atoms with Crippen LogP contribution in [0.4, 0.5) is 0 Å². The maximum Gasteiger partial charge on any atom is 0.0965 e. The average Bonchev–Trinajstić information content (AvgIpc) is 2.15. The summed E-state index contributed by atoms with van der Waals surface area (Å²) in [5, 5.41) is 8.47. The van der Waals surface area contributed by atoms with Crippen LogP contribution in [-0.2, 0) is 0 Å². The molecule has 1 aliphatic rings. The third-order valence-corrected chi connectivity index (χ3v) is 1.84. The first-order valence-electron chi connectivity index (χ1n) is 3.14. The Balaban J connectivity index is 2.83. The molecule has 0 aliphatic heterocycles.